The van der Waals surface area contributed by atoms with Crippen molar-refractivity contribution in [3.05, 3.63) is 28.5 Å². The van der Waals surface area contributed by atoms with Gasteiger partial charge in [-0.15, -0.1) is 0 Å². The van der Waals surface area contributed by atoms with Crippen LogP contribution in [0.5, 0.6) is 0 Å². The van der Waals surface area contributed by atoms with Gasteiger partial charge in [0.05, 0.1) is 5.02 Å². The molecule has 0 saturated heterocycles. The highest BCUT2D eigenvalue weighted by molar-refractivity contribution is 6.30. The molecule has 0 atom stereocenters. The number of hydrogen-bond acceptors (Lipinski definition) is 2. The maximum Gasteiger partial charge on any atom is 0.267 e. The van der Waals surface area contributed by atoms with Gasteiger partial charge in [-0.3, -0.25) is 4.79 Å². The lowest BCUT2D eigenvalue weighted by Gasteiger charge is -2.08. The average Bonchev–Trinajstić information content (AvgIpc) is 2.03. The number of nitrogens with two attached hydrogens (primary N) is 1. The third kappa shape index (κ3) is 2.18. The van der Waals surface area contributed by atoms with Crippen molar-refractivity contribution >= 4 is 17.5 Å². The lowest BCUT2D eigenvalue weighted by Crippen LogP contribution is -2.16. The summed E-state index contributed by atoms with van der Waals surface area (Å²) in [5.41, 5.74) is 6.25. The molecule has 0 aliphatic carbocycles. The summed E-state index contributed by atoms with van der Waals surface area (Å²) in [4.78, 5) is 14.8. The zero-order valence-electron chi connectivity index (χ0n) is 7.54. The molecule has 0 radical (unpaired) electrons. The van der Waals surface area contributed by atoms with Gasteiger partial charge >= 0.3 is 0 Å². The monoisotopic (exact) mass is 198 g/mol. The molecule has 2 N–H and O–H groups in total. The molecule has 0 spiro atoms. The second-order valence-corrected chi connectivity index (χ2v) is 3.55. The van der Waals surface area contributed by atoms with Gasteiger partial charge in [-0.05, 0) is 17.5 Å². The summed E-state index contributed by atoms with van der Waals surface area (Å²) in [5.74, 6) is -0.325. The van der Waals surface area contributed by atoms with Gasteiger partial charge in [0.1, 0.15) is 5.69 Å². The molecule has 1 aromatic heterocycles. The largest absolute Gasteiger partial charge is 0.364 e. The van der Waals surface area contributed by atoms with Crippen LogP contribution in [0.4, 0.5) is 0 Å². The maximum atomic E-state index is 11.0. The van der Waals surface area contributed by atoms with Crippen LogP contribution in [-0.2, 0) is 0 Å². The SMILES string of the molecule is CC(C)c1cc(Cl)cnc1C(N)=O. The first-order valence-corrected chi connectivity index (χ1v) is 4.35. The third-order valence-electron chi connectivity index (χ3n) is 1.74. The number of hydrogen-bond donors (Lipinski definition) is 1. The van der Waals surface area contributed by atoms with Crippen molar-refractivity contribution < 1.29 is 4.79 Å². The molecule has 0 aliphatic rings. The lowest BCUT2D eigenvalue weighted by atomic mass is 10.0. The van der Waals surface area contributed by atoms with E-state index in [4.69, 9.17) is 17.3 Å². The number of halogens is 1. The minimum atomic E-state index is -0.514. The number of nitrogens with zero attached hydrogens (tertiary/aromatic N) is 1. The number of amides is 1. The number of aromatic nitrogens is 1. The summed E-state index contributed by atoms with van der Waals surface area (Å²) in [6, 6.07) is 1.72. The van der Waals surface area contributed by atoms with Gasteiger partial charge in [0.15, 0.2) is 0 Å². The molecule has 0 saturated carbocycles. The summed E-state index contributed by atoms with van der Waals surface area (Å²) in [6.45, 7) is 3.92. The van der Waals surface area contributed by atoms with Crippen LogP contribution in [0, 0.1) is 0 Å². The third-order valence-corrected chi connectivity index (χ3v) is 1.95. The van der Waals surface area contributed by atoms with E-state index in [0.29, 0.717) is 10.7 Å². The average molecular weight is 199 g/mol. The van der Waals surface area contributed by atoms with Crippen molar-refractivity contribution in [3.8, 4) is 0 Å². The molecule has 0 aliphatic heterocycles. The molecular weight excluding hydrogens is 188 g/mol. The van der Waals surface area contributed by atoms with E-state index >= 15 is 0 Å². The molecule has 0 fully saturated rings. The molecule has 1 rings (SSSR count). The molecule has 1 amide bonds. The standard InChI is InChI=1S/C9H11ClN2O/c1-5(2)7-3-6(10)4-12-8(7)9(11)13/h3-5H,1-2H3,(H2,11,13). The Hall–Kier alpha value is -1.09. The van der Waals surface area contributed by atoms with E-state index in [1.807, 2.05) is 13.8 Å². The molecule has 0 bridgehead atoms. The van der Waals surface area contributed by atoms with E-state index in [1.165, 1.54) is 6.20 Å². The molecule has 1 aromatic rings. The summed E-state index contributed by atoms with van der Waals surface area (Å²) in [6.07, 6.45) is 1.42. The smallest absolute Gasteiger partial charge is 0.267 e. The van der Waals surface area contributed by atoms with Crippen LogP contribution < -0.4 is 5.73 Å². The van der Waals surface area contributed by atoms with Crippen LogP contribution in [0.25, 0.3) is 0 Å². The fourth-order valence-electron chi connectivity index (χ4n) is 1.10. The zero-order chi connectivity index (χ0) is 10.0. The Kier molecular flexibility index (Phi) is 2.88. The van der Waals surface area contributed by atoms with Gasteiger partial charge in [-0.25, -0.2) is 4.98 Å². The molecule has 13 heavy (non-hydrogen) atoms. The predicted octanol–water partition coefficient (Wildman–Crippen LogP) is 1.96. The number of pyridine rings is 1. The lowest BCUT2D eigenvalue weighted by molar-refractivity contribution is 0.0994. The van der Waals surface area contributed by atoms with E-state index in [0.717, 1.165) is 5.56 Å². The minimum absolute atomic E-state index is 0.189. The van der Waals surface area contributed by atoms with E-state index in [1.54, 1.807) is 6.07 Å². The Morgan fingerprint density at radius 1 is 1.62 bits per heavy atom. The molecule has 0 unspecified atom stereocenters. The molecule has 70 valence electrons. The van der Waals surface area contributed by atoms with Crippen LogP contribution in [0.1, 0.15) is 35.8 Å². The van der Waals surface area contributed by atoms with Gasteiger partial charge in [-0.2, -0.15) is 0 Å². The molecule has 4 heteroatoms. The van der Waals surface area contributed by atoms with Gasteiger partial charge in [-0.1, -0.05) is 25.4 Å². The topological polar surface area (TPSA) is 56.0 Å². The minimum Gasteiger partial charge on any atom is -0.364 e. The van der Waals surface area contributed by atoms with Gasteiger partial charge in [0, 0.05) is 6.20 Å². The van der Waals surface area contributed by atoms with E-state index in [-0.39, 0.29) is 5.92 Å². The van der Waals surface area contributed by atoms with E-state index in [9.17, 15) is 4.79 Å². The predicted molar refractivity (Wildman–Crippen MR) is 51.9 cm³/mol. The highest BCUT2D eigenvalue weighted by Crippen LogP contribution is 2.20. The number of primary amides is 1. The fraction of sp³-hybridized carbons (Fsp3) is 0.333. The first-order valence-electron chi connectivity index (χ1n) is 3.97. The Morgan fingerprint density at radius 2 is 2.23 bits per heavy atom. The van der Waals surface area contributed by atoms with Crippen molar-refractivity contribution in [2.24, 2.45) is 5.73 Å². The fourth-order valence-corrected chi connectivity index (χ4v) is 1.27. The number of rotatable bonds is 2. The van der Waals surface area contributed by atoms with E-state index in [2.05, 4.69) is 4.98 Å². The van der Waals surface area contributed by atoms with Crippen LogP contribution in [0.15, 0.2) is 12.3 Å². The quantitative estimate of drug-likeness (QED) is 0.790. The Bertz CT molecular complexity index is 336. The van der Waals surface area contributed by atoms with Crippen molar-refractivity contribution in [2.45, 2.75) is 19.8 Å². The summed E-state index contributed by atoms with van der Waals surface area (Å²) in [5, 5.41) is 0.522. The van der Waals surface area contributed by atoms with Crippen molar-refractivity contribution in [1.82, 2.24) is 4.98 Å². The second-order valence-electron chi connectivity index (χ2n) is 3.11. The Labute approximate surface area is 81.9 Å². The van der Waals surface area contributed by atoms with Crippen LogP contribution in [0.3, 0.4) is 0 Å². The van der Waals surface area contributed by atoms with Gasteiger partial charge in [0.25, 0.3) is 5.91 Å². The summed E-state index contributed by atoms with van der Waals surface area (Å²) >= 11 is 5.75. The van der Waals surface area contributed by atoms with Crippen LogP contribution in [-0.4, -0.2) is 10.9 Å². The number of carbonyl (C=O) groups is 1. The summed E-state index contributed by atoms with van der Waals surface area (Å²) in [7, 11) is 0. The second kappa shape index (κ2) is 3.75. The first kappa shape index (κ1) is 9.99. The van der Waals surface area contributed by atoms with Gasteiger partial charge < -0.3 is 5.73 Å². The zero-order valence-corrected chi connectivity index (χ0v) is 8.30. The maximum absolute atomic E-state index is 11.0. The molecule has 1 heterocycles. The highest BCUT2D eigenvalue weighted by atomic mass is 35.5. The van der Waals surface area contributed by atoms with Crippen LogP contribution >= 0.6 is 11.6 Å². The molecular formula is C9H11ClN2O. The number of carbonyl (C=O) groups excluding carboxylic acids is 1. The Morgan fingerprint density at radius 3 is 2.69 bits per heavy atom. The van der Waals surface area contributed by atoms with Gasteiger partial charge in [0.2, 0.25) is 0 Å². The molecule has 0 aromatic carbocycles. The van der Waals surface area contributed by atoms with Crippen molar-refractivity contribution in [3.63, 3.8) is 0 Å². The van der Waals surface area contributed by atoms with Crippen molar-refractivity contribution in [1.29, 1.82) is 0 Å². The van der Waals surface area contributed by atoms with Crippen LogP contribution in [0.2, 0.25) is 5.02 Å². The molecule has 3 nitrogen and oxygen atoms in total. The Balaban J connectivity index is 3.26. The normalized spacial score (nSPS) is 10.5. The highest BCUT2D eigenvalue weighted by Gasteiger charge is 2.12. The van der Waals surface area contributed by atoms with E-state index < -0.39 is 5.91 Å². The van der Waals surface area contributed by atoms with Crippen molar-refractivity contribution in [2.75, 3.05) is 0 Å². The summed E-state index contributed by atoms with van der Waals surface area (Å²) < 4.78 is 0. The first-order chi connectivity index (χ1) is 6.02.